The molecular weight excluding hydrogens is 1010 g/mol. The van der Waals surface area contributed by atoms with Crippen LogP contribution in [0.3, 0.4) is 0 Å². The third kappa shape index (κ3) is 12.2. The van der Waals surface area contributed by atoms with Crippen molar-refractivity contribution in [2.75, 3.05) is 63.9 Å². The Morgan fingerprint density at radius 2 is 1.58 bits per heavy atom. The van der Waals surface area contributed by atoms with Gasteiger partial charge in [0, 0.05) is 85.6 Å². The number of ether oxygens (including phenoxy) is 1. The molecule has 4 amide bonds. The van der Waals surface area contributed by atoms with E-state index in [-0.39, 0.29) is 37.4 Å². The van der Waals surface area contributed by atoms with Gasteiger partial charge < -0.3 is 30.7 Å². The normalized spacial score (nSPS) is 16.1. The number of likely N-dealkylation sites (N-methyl/N-ethyl adjacent to an activating group) is 1. The highest BCUT2D eigenvalue weighted by atomic mass is 32.1. The van der Waals surface area contributed by atoms with Gasteiger partial charge in [-0.2, -0.15) is 18.3 Å². The van der Waals surface area contributed by atoms with Crippen LogP contribution in [0.1, 0.15) is 57.7 Å². The fourth-order valence-electron chi connectivity index (χ4n) is 9.52. The molecule has 1 fully saturated rings. The lowest BCUT2D eigenvalue weighted by atomic mass is 9.80. The van der Waals surface area contributed by atoms with Gasteiger partial charge in [0.2, 0.25) is 11.8 Å². The molecule has 16 nitrogen and oxygen atoms in total. The van der Waals surface area contributed by atoms with Crippen LogP contribution in [0.2, 0.25) is 0 Å². The average Bonchev–Trinajstić information content (AvgIpc) is 4.09. The summed E-state index contributed by atoms with van der Waals surface area (Å²) in [7, 11) is 0. The van der Waals surface area contributed by atoms with Gasteiger partial charge in [-0.3, -0.25) is 33.8 Å². The number of amides is 4. The molecule has 7 aromatic rings. The van der Waals surface area contributed by atoms with Crippen molar-refractivity contribution in [1.82, 2.24) is 40.5 Å². The number of piperazine rings is 1. The van der Waals surface area contributed by atoms with Gasteiger partial charge in [0.25, 0.3) is 11.8 Å². The minimum Gasteiger partial charge on any atom is -0.492 e. The van der Waals surface area contributed by atoms with E-state index >= 15 is 0 Å². The smallest absolute Gasteiger partial charge is 0.416 e. The average molecular weight is 1060 g/mol. The number of aromatic nitrogens is 3. The Labute approximate surface area is 438 Å². The van der Waals surface area contributed by atoms with Gasteiger partial charge >= 0.3 is 12.1 Å². The number of alkyl halides is 3. The molecule has 4 heterocycles. The Morgan fingerprint density at radius 3 is 2.30 bits per heavy atom. The molecule has 0 spiro atoms. The number of anilines is 1. The van der Waals surface area contributed by atoms with Crippen LogP contribution in [-0.2, 0) is 38.3 Å². The van der Waals surface area contributed by atoms with Gasteiger partial charge in [-0.15, -0.1) is 11.3 Å². The van der Waals surface area contributed by atoms with Gasteiger partial charge in [-0.25, -0.2) is 14.1 Å². The number of rotatable bonds is 19. The first kappa shape index (κ1) is 52.8. The number of aliphatic carboxylic acids is 1. The predicted molar refractivity (Wildman–Crippen MR) is 277 cm³/mol. The van der Waals surface area contributed by atoms with E-state index in [4.69, 9.17) is 14.9 Å². The lowest BCUT2D eigenvalue weighted by Crippen LogP contribution is -2.55. The molecule has 0 radical (unpaired) electrons. The molecule has 2 aromatic heterocycles. The second-order valence-electron chi connectivity index (χ2n) is 18.3. The van der Waals surface area contributed by atoms with Gasteiger partial charge in [-0.1, -0.05) is 60.7 Å². The fourth-order valence-corrected chi connectivity index (χ4v) is 10.3. The summed E-state index contributed by atoms with van der Waals surface area (Å²) in [6.45, 7) is 5.93. The molecule has 1 saturated heterocycles. The maximum Gasteiger partial charge on any atom is 0.416 e. The first-order valence-corrected chi connectivity index (χ1v) is 25.5. The molecule has 394 valence electrons. The van der Waals surface area contributed by atoms with Crippen molar-refractivity contribution in [2.24, 2.45) is 0 Å². The number of nitrogens with one attached hydrogen (secondary N) is 3. The molecule has 0 unspecified atom stereocenters. The Hall–Kier alpha value is -8.01. The summed E-state index contributed by atoms with van der Waals surface area (Å²) >= 11 is 1.40. The quantitative estimate of drug-likeness (QED) is 0.0608. The Bertz CT molecular complexity index is 3250. The van der Waals surface area contributed by atoms with Crippen LogP contribution in [0, 0.1) is 5.82 Å². The van der Waals surface area contributed by atoms with Crippen molar-refractivity contribution in [2.45, 2.75) is 44.4 Å². The Morgan fingerprint density at radius 1 is 0.842 bits per heavy atom. The van der Waals surface area contributed by atoms with Crippen LogP contribution >= 0.6 is 11.3 Å². The summed E-state index contributed by atoms with van der Waals surface area (Å²) in [5, 5.41) is 26.3. The largest absolute Gasteiger partial charge is 0.492 e. The molecule has 0 saturated carbocycles. The number of thiazole rings is 1. The predicted octanol–water partition coefficient (Wildman–Crippen LogP) is 7.05. The molecule has 0 aliphatic carbocycles. The first-order valence-electron chi connectivity index (χ1n) is 24.7. The number of carboxylic acids is 1. The van der Waals surface area contributed by atoms with Crippen LogP contribution in [0.15, 0.2) is 121 Å². The highest BCUT2D eigenvalue weighted by Crippen LogP contribution is 2.44. The lowest BCUT2D eigenvalue weighted by molar-refractivity contribution is -0.138. The summed E-state index contributed by atoms with van der Waals surface area (Å²) < 4.78 is 63.6. The lowest BCUT2D eigenvalue weighted by Gasteiger charge is -2.38. The summed E-state index contributed by atoms with van der Waals surface area (Å²) in [5.74, 6) is -3.71. The second kappa shape index (κ2) is 23.3. The van der Waals surface area contributed by atoms with E-state index in [2.05, 4.69) is 30.7 Å². The maximum absolute atomic E-state index is 14.6. The molecule has 9 rings (SSSR count). The van der Waals surface area contributed by atoms with Crippen molar-refractivity contribution < 1.29 is 51.4 Å². The minimum absolute atomic E-state index is 0.0257. The molecule has 0 bridgehead atoms. The standard InChI is InChI=1S/C55H53F4N9O7S/c1-2-67-53-49(48(35-16-18-39(56)19-17-35)50(54(67)74)63-51(73)36-9-6-10-38(28-36)55(57,58)59)43(64-68(53)41-11-4-3-5-12-41)31-60-45(69)20-21-65-22-24-66(25-23-65)26-27-75-44-13-7-8-34-14-15-37(29-42(34)44)52-62-40(33-76-52)30-46(70)61-32-47(71)72/h3-19,28-29,33,48,50H,2,20-27,30-32H2,1H3,(H,60,69)(H,61,70)(H,63,73)(H,71,72)/t48-,50-/m0/s1. The number of hydrogen-bond acceptors (Lipinski definition) is 11. The summed E-state index contributed by atoms with van der Waals surface area (Å²) in [4.78, 5) is 75.7. The molecule has 2 atom stereocenters. The Kier molecular flexibility index (Phi) is 16.2. The zero-order valence-corrected chi connectivity index (χ0v) is 42.0. The number of hydrogen-bond donors (Lipinski definition) is 4. The second-order valence-corrected chi connectivity index (χ2v) is 19.2. The van der Waals surface area contributed by atoms with E-state index in [1.165, 1.54) is 46.6 Å². The van der Waals surface area contributed by atoms with E-state index in [1.807, 2.05) is 42.5 Å². The van der Waals surface area contributed by atoms with Crippen LogP contribution in [0.4, 0.5) is 23.4 Å². The van der Waals surface area contributed by atoms with Gasteiger partial charge in [-0.05, 0) is 72.5 Å². The molecular formula is C55H53F4N9O7S. The number of carbonyl (C=O) groups is 5. The summed E-state index contributed by atoms with van der Waals surface area (Å²) in [6, 6.07) is 28.9. The maximum atomic E-state index is 14.6. The topological polar surface area (TPSA) is 191 Å². The molecule has 76 heavy (non-hydrogen) atoms. The number of benzene rings is 5. The highest BCUT2D eigenvalue weighted by molar-refractivity contribution is 7.13. The number of carboxylic acid groups (broad SMARTS) is 1. The number of carbonyl (C=O) groups excluding carboxylic acids is 4. The number of halogens is 4. The van der Waals surface area contributed by atoms with Crippen LogP contribution in [0.25, 0.3) is 27.0 Å². The van der Waals surface area contributed by atoms with E-state index in [0.29, 0.717) is 53.7 Å². The van der Waals surface area contributed by atoms with E-state index in [1.54, 1.807) is 41.3 Å². The third-order valence-electron chi connectivity index (χ3n) is 13.3. The molecule has 5 aromatic carbocycles. The van der Waals surface area contributed by atoms with Crippen LogP contribution < -0.4 is 25.6 Å². The molecule has 2 aliphatic heterocycles. The van der Waals surface area contributed by atoms with Crippen molar-refractivity contribution in [3.63, 3.8) is 0 Å². The van der Waals surface area contributed by atoms with Crippen LogP contribution in [0.5, 0.6) is 5.75 Å². The fraction of sp³-hybridized carbons (Fsp3) is 0.291. The highest BCUT2D eigenvalue weighted by Gasteiger charge is 2.46. The van der Waals surface area contributed by atoms with E-state index in [9.17, 15) is 41.5 Å². The summed E-state index contributed by atoms with van der Waals surface area (Å²) in [6.07, 6.45) is -4.57. The van der Waals surface area contributed by atoms with Crippen molar-refractivity contribution in [1.29, 1.82) is 0 Å². The minimum atomic E-state index is -4.72. The van der Waals surface area contributed by atoms with Crippen LogP contribution in [-0.4, -0.2) is 124 Å². The SMILES string of the molecule is CCN1C(=O)[C@@H](NC(=O)c2cccc(C(F)(F)F)c2)[C@@H](c2ccc(F)cc2)c2c(CNC(=O)CCN3CCN(CCOc4cccc5ccc(-c6nc(CC(=O)NCC(=O)O)cs6)cc45)CC3)nn(-c3ccccc3)c21. The zero-order chi connectivity index (χ0) is 53.5. The van der Waals surface area contributed by atoms with Crippen molar-refractivity contribution in [3.05, 3.63) is 160 Å². The number of fused-ring (bicyclic) bond motifs is 2. The molecule has 4 N–H and O–H groups in total. The first-order chi connectivity index (χ1) is 36.6. The monoisotopic (exact) mass is 1060 g/mol. The molecule has 21 heteroatoms. The van der Waals surface area contributed by atoms with E-state index in [0.717, 1.165) is 71.5 Å². The summed E-state index contributed by atoms with van der Waals surface area (Å²) in [5.41, 5.74) is 1.96. The van der Waals surface area contributed by atoms with Gasteiger partial charge in [0.15, 0.2) is 0 Å². The van der Waals surface area contributed by atoms with E-state index < -0.39 is 59.8 Å². The Balaban J connectivity index is 0.836. The van der Waals surface area contributed by atoms with Crippen molar-refractivity contribution >= 4 is 57.5 Å². The van der Waals surface area contributed by atoms with Crippen molar-refractivity contribution in [3.8, 4) is 22.0 Å². The number of nitrogens with zero attached hydrogens (tertiary/aromatic N) is 6. The third-order valence-corrected chi connectivity index (χ3v) is 14.3. The van der Waals surface area contributed by atoms with Gasteiger partial charge in [0.05, 0.1) is 35.6 Å². The van der Waals surface area contributed by atoms with Gasteiger partial charge in [0.1, 0.15) is 41.6 Å². The number of para-hydroxylation sites is 1. The molecule has 2 aliphatic rings. The zero-order valence-electron chi connectivity index (χ0n) is 41.2.